The van der Waals surface area contributed by atoms with Gasteiger partial charge in [-0.2, -0.15) is 0 Å². The summed E-state index contributed by atoms with van der Waals surface area (Å²) in [4.78, 5) is 0. The van der Waals surface area contributed by atoms with Gasteiger partial charge in [-0.3, -0.25) is 0 Å². The van der Waals surface area contributed by atoms with E-state index in [0.717, 1.165) is 12.8 Å². The van der Waals surface area contributed by atoms with Crippen molar-refractivity contribution in [2.75, 3.05) is 0 Å². The first-order valence-electron chi connectivity index (χ1n) is 27.3. The number of allylic oxidation sites excluding steroid dienone is 2. The van der Waals surface area contributed by atoms with Crippen molar-refractivity contribution in [2.24, 2.45) is 11.8 Å². The molecule has 0 nitrogen and oxygen atoms in total. The van der Waals surface area contributed by atoms with Crippen molar-refractivity contribution in [3.8, 4) is 33.4 Å². The van der Waals surface area contributed by atoms with E-state index >= 15 is 0 Å². The Kier molecular flexibility index (Phi) is 14.2. The van der Waals surface area contributed by atoms with E-state index in [-0.39, 0.29) is 19.1 Å². The van der Waals surface area contributed by atoms with Gasteiger partial charge in [0.2, 0.25) is 0 Å². The second-order valence-electron chi connectivity index (χ2n) is 26.8. The predicted octanol–water partition coefficient (Wildman–Crippen LogP) is 14.6. The van der Waals surface area contributed by atoms with E-state index in [1.54, 1.807) is 20.7 Å². The minimum atomic E-state index is -5.84. The molecule has 72 heavy (non-hydrogen) atoms. The molecule has 0 saturated heterocycles. The van der Waals surface area contributed by atoms with Crippen LogP contribution < -0.4 is 34.4 Å². The zero-order valence-electron chi connectivity index (χ0n) is 47.2. The Morgan fingerprint density at radius 1 is 0.486 bits per heavy atom. The summed E-state index contributed by atoms with van der Waals surface area (Å²) in [6.07, 6.45) is 7.18. The SMILES string of the molecule is CCc1ccc2c(c1-c1cc([Si](C)(C)C)cc([Si](C)(C)C)c1)C=C(C(C)C)[CH]2[Zr]([Cl])([Cl])([c]1cccc2c1[SiH2]c1ccccc1-2)[CH]1C(C(C)C)=Cc2c1ccc(CC)c2-c1cc([Si](C)(C)C)cc([Si](C)(C)C)c1. The van der Waals surface area contributed by atoms with Gasteiger partial charge in [-0.05, 0) is 0 Å². The van der Waals surface area contributed by atoms with Crippen LogP contribution in [0.25, 0.3) is 45.5 Å². The van der Waals surface area contributed by atoms with E-state index in [1.807, 2.05) is 0 Å². The van der Waals surface area contributed by atoms with Gasteiger partial charge in [0.1, 0.15) is 0 Å². The maximum atomic E-state index is 9.71. The standard InChI is InChI=1S/2C26H37Si2.C12H9Si.2ClH.Zr/c2*1-10-19-11-12-20-13-21(18(2)3)16-25(20)26(19)22-14-23(27(4,5)6)17-24(15-22)28(7,8)9;1-3-7-11-9(5-1)10-6-2-4-8-12(10)13-11;;;/h2*11-18H,10H2,1-9H3;1-7H,13H2;2*1H;/q;;;;;+2/p-2. The fourth-order valence-corrected chi connectivity index (χ4v) is 46.1. The van der Waals surface area contributed by atoms with Crippen molar-refractivity contribution in [3.63, 3.8) is 0 Å². The average Bonchev–Trinajstić information content (AvgIpc) is 4.02. The molecule has 377 valence electrons. The summed E-state index contributed by atoms with van der Waals surface area (Å²) in [5, 5.41) is 9.19. The summed E-state index contributed by atoms with van der Waals surface area (Å²) >= 11 is -5.84. The van der Waals surface area contributed by atoms with Gasteiger partial charge in [0.05, 0.1) is 0 Å². The zero-order chi connectivity index (χ0) is 52.4. The van der Waals surface area contributed by atoms with Crippen molar-refractivity contribution in [3.05, 3.63) is 148 Å². The average molecular weight is 1150 g/mol. The number of halogens is 2. The third-order valence-electron chi connectivity index (χ3n) is 17.1. The molecular weight excluding hydrogens is 1070 g/mol. The Morgan fingerprint density at radius 3 is 1.25 bits per heavy atom. The van der Waals surface area contributed by atoms with E-state index in [0.29, 0.717) is 0 Å². The molecule has 0 N–H and O–H groups in total. The van der Waals surface area contributed by atoms with E-state index < -0.39 is 58.2 Å². The Morgan fingerprint density at radius 2 is 0.875 bits per heavy atom. The minimum absolute atomic E-state index is 0.128. The molecule has 0 aromatic heterocycles. The van der Waals surface area contributed by atoms with E-state index in [4.69, 9.17) is 0 Å². The molecule has 2 unspecified atom stereocenters. The first-order chi connectivity index (χ1) is 33.5. The third kappa shape index (κ3) is 9.11. The Hall–Kier alpha value is -2.65. The van der Waals surface area contributed by atoms with Crippen LogP contribution in [-0.2, 0) is 29.2 Å². The molecule has 2 atom stereocenters. The van der Waals surface area contributed by atoms with Crippen molar-refractivity contribution in [2.45, 2.75) is 140 Å². The molecule has 0 saturated carbocycles. The normalized spacial score (nSPS) is 17.7. The maximum absolute atomic E-state index is 9.71. The molecule has 6 aromatic carbocycles. The fraction of sp³-hybridized carbons (Fsp3) is 0.375. The second-order valence-corrected chi connectivity index (χ2v) is 69.5. The van der Waals surface area contributed by atoms with Crippen LogP contribution in [0.15, 0.2) is 114 Å². The topological polar surface area (TPSA) is 0 Å². The second kappa shape index (κ2) is 18.8. The van der Waals surface area contributed by atoms with E-state index in [2.05, 4.69) is 235 Å². The summed E-state index contributed by atoms with van der Waals surface area (Å²) in [6, 6.07) is 41.8. The van der Waals surface area contributed by atoms with Crippen molar-refractivity contribution < 1.29 is 16.4 Å². The summed E-state index contributed by atoms with van der Waals surface area (Å²) in [5.41, 5.74) is 19.4. The van der Waals surface area contributed by atoms with Crippen molar-refractivity contribution >= 4 is 105 Å². The number of hydrogen-bond acceptors (Lipinski definition) is 0. The fourth-order valence-electron chi connectivity index (χ4n) is 12.8. The summed E-state index contributed by atoms with van der Waals surface area (Å²) in [6.45, 7) is 44.5. The predicted molar refractivity (Wildman–Crippen MR) is 337 cm³/mol. The van der Waals surface area contributed by atoms with Gasteiger partial charge in [0.15, 0.2) is 0 Å². The number of rotatable bonds is 13. The molecule has 8 heteroatoms. The van der Waals surface area contributed by atoms with Crippen LogP contribution >= 0.6 is 17.0 Å². The molecular formula is C64H83Cl2Si5Zr. The summed E-state index contributed by atoms with van der Waals surface area (Å²) in [7, 11) is 11.8. The number of benzene rings is 6. The molecule has 6 aromatic rings. The van der Waals surface area contributed by atoms with Crippen LogP contribution in [0, 0.1) is 11.8 Å². The molecule has 0 spiro atoms. The van der Waals surface area contributed by atoms with Gasteiger partial charge < -0.3 is 0 Å². The van der Waals surface area contributed by atoms with Gasteiger partial charge in [0.25, 0.3) is 0 Å². The van der Waals surface area contributed by atoms with Gasteiger partial charge >= 0.3 is 455 Å². The first kappa shape index (κ1) is 54.1. The third-order valence-corrected chi connectivity index (χ3v) is 47.8. The monoisotopic (exact) mass is 1150 g/mol. The molecule has 1 aliphatic heterocycles. The van der Waals surface area contributed by atoms with Crippen LogP contribution in [0.2, 0.25) is 78.6 Å². The number of aryl methyl sites for hydroxylation is 2. The molecule has 1 heterocycles. The van der Waals surface area contributed by atoms with Crippen LogP contribution in [0.3, 0.4) is 0 Å². The molecule has 9 rings (SSSR count). The molecule has 0 bridgehead atoms. The van der Waals surface area contributed by atoms with Gasteiger partial charge in [-0.25, -0.2) is 0 Å². The van der Waals surface area contributed by atoms with Gasteiger partial charge in [-0.1, -0.05) is 0 Å². The number of hydrogen-bond donors (Lipinski definition) is 0. The quantitative estimate of drug-likeness (QED) is 0.101. The Balaban J connectivity index is 1.41. The number of fused-ring (bicyclic) bond motifs is 5. The van der Waals surface area contributed by atoms with E-state index in [9.17, 15) is 17.0 Å². The van der Waals surface area contributed by atoms with Gasteiger partial charge in [-0.15, -0.1) is 0 Å². The molecule has 0 amide bonds. The van der Waals surface area contributed by atoms with Crippen molar-refractivity contribution in [1.29, 1.82) is 0 Å². The molecule has 0 radical (unpaired) electrons. The Labute approximate surface area is 450 Å². The molecule has 2 aliphatic carbocycles. The zero-order valence-corrected chi connectivity index (χ0v) is 56.5. The van der Waals surface area contributed by atoms with Crippen LogP contribution in [0.5, 0.6) is 0 Å². The summed E-state index contributed by atoms with van der Waals surface area (Å²) < 4.78 is 1.06. The van der Waals surface area contributed by atoms with E-state index in [1.165, 1.54) is 91.6 Å². The van der Waals surface area contributed by atoms with Crippen LogP contribution in [0.4, 0.5) is 0 Å². The summed E-state index contributed by atoms with van der Waals surface area (Å²) in [5.74, 6) is 0.467. The molecule has 0 fully saturated rings. The Bertz CT molecular complexity index is 3010. The van der Waals surface area contributed by atoms with Gasteiger partial charge in [0, 0.05) is 0 Å². The van der Waals surface area contributed by atoms with Crippen LogP contribution in [-0.4, -0.2) is 41.8 Å². The first-order valence-corrected chi connectivity index (χ1v) is 53.1. The molecule has 3 aliphatic rings. The van der Waals surface area contributed by atoms with Crippen molar-refractivity contribution in [1.82, 2.24) is 0 Å². The van der Waals surface area contributed by atoms with Crippen LogP contribution in [0.1, 0.15) is 82.2 Å².